The van der Waals surface area contributed by atoms with Gasteiger partial charge in [0.15, 0.2) is 0 Å². The van der Waals surface area contributed by atoms with Crippen LogP contribution in [-0.2, 0) is 0 Å². The summed E-state index contributed by atoms with van der Waals surface area (Å²) in [5.41, 5.74) is 8.00. The van der Waals surface area contributed by atoms with E-state index >= 15 is 0 Å². The highest BCUT2D eigenvalue weighted by Crippen LogP contribution is 2.37. The summed E-state index contributed by atoms with van der Waals surface area (Å²) in [6, 6.07) is 9.64. The number of aryl methyl sites for hydroxylation is 1. The van der Waals surface area contributed by atoms with Gasteiger partial charge in [0, 0.05) is 18.5 Å². The Bertz CT molecular complexity index is 672. The largest absolute Gasteiger partial charge is 0.349 e. The van der Waals surface area contributed by atoms with Crippen LogP contribution in [0.25, 0.3) is 0 Å². The molecule has 1 aliphatic carbocycles. The van der Waals surface area contributed by atoms with Crippen molar-refractivity contribution in [2.45, 2.75) is 44.6 Å². The molecule has 1 saturated carbocycles. The number of nitrogens with one attached hydrogen (secondary N) is 1. The lowest BCUT2D eigenvalue weighted by Gasteiger charge is -2.12. The molecule has 1 fully saturated rings. The van der Waals surface area contributed by atoms with Crippen LogP contribution in [0.1, 0.15) is 63.6 Å². The molecule has 0 aliphatic heterocycles. The van der Waals surface area contributed by atoms with E-state index in [1.165, 1.54) is 25.7 Å². The number of nitrogens with two attached hydrogens (primary N) is 1. The first-order valence-corrected chi connectivity index (χ1v) is 9.03. The molecule has 7 heteroatoms. The van der Waals surface area contributed by atoms with Crippen LogP contribution in [0, 0.1) is 6.92 Å². The Morgan fingerprint density at radius 3 is 2.56 bits per heavy atom. The van der Waals surface area contributed by atoms with Crippen LogP contribution >= 0.6 is 36.2 Å². The lowest BCUT2D eigenvalue weighted by molar-refractivity contribution is 0.0954. The highest BCUT2D eigenvalue weighted by atomic mass is 35.5. The fourth-order valence-corrected chi connectivity index (χ4v) is 4.23. The smallest absolute Gasteiger partial charge is 0.263 e. The van der Waals surface area contributed by atoms with E-state index in [4.69, 9.17) is 5.73 Å². The van der Waals surface area contributed by atoms with Crippen molar-refractivity contribution in [3.05, 3.63) is 51.5 Å². The first-order valence-electron chi connectivity index (χ1n) is 8.21. The topological polar surface area (TPSA) is 68.0 Å². The number of amides is 1. The standard InChI is InChI=1S/C18H23N3OS.2ClH/c1-12-16(23-18(21-12)14-9-5-6-10-14)17(22)20-11-15(19)13-7-3-2-4-8-13;;/h2-4,7-8,14-15H,5-6,9-11,19H2,1H3,(H,20,22);2*1H. The molecule has 1 unspecified atom stereocenters. The molecule has 0 bridgehead atoms. The summed E-state index contributed by atoms with van der Waals surface area (Å²) in [7, 11) is 0. The van der Waals surface area contributed by atoms with Gasteiger partial charge < -0.3 is 11.1 Å². The molecule has 25 heavy (non-hydrogen) atoms. The molecule has 3 N–H and O–H groups in total. The van der Waals surface area contributed by atoms with Gasteiger partial charge in [-0.3, -0.25) is 4.79 Å². The molecular weight excluding hydrogens is 377 g/mol. The van der Waals surface area contributed by atoms with E-state index in [1.807, 2.05) is 37.3 Å². The molecule has 1 aliphatic rings. The zero-order valence-corrected chi connectivity index (χ0v) is 16.7. The first kappa shape index (κ1) is 21.9. The number of thiazole rings is 1. The molecule has 3 rings (SSSR count). The predicted molar refractivity (Wildman–Crippen MR) is 108 cm³/mol. The molecule has 0 radical (unpaired) electrons. The molecule has 0 spiro atoms. The first-order chi connectivity index (χ1) is 11.1. The fraction of sp³-hybridized carbons (Fsp3) is 0.444. The maximum atomic E-state index is 12.4. The van der Waals surface area contributed by atoms with Crippen LogP contribution in [0.5, 0.6) is 0 Å². The van der Waals surface area contributed by atoms with E-state index in [0.29, 0.717) is 12.5 Å². The Balaban J connectivity index is 0.00000156. The highest BCUT2D eigenvalue weighted by Gasteiger charge is 2.23. The minimum Gasteiger partial charge on any atom is -0.349 e. The summed E-state index contributed by atoms with van der Waals surface area (Å²) in [6.45, 7) is 2.35. The van der Waals surface area contributed by atoms with Crippen molar-refractivity contribution < 1.29 is 4.79 Å². The molecule has 1 atom stereocenters. The Labute approximate surface area is 165 Å². The van der Waals surface area contributed by atoms with Crippen molar-refractivity contribution in [2.75, 3.05) is 6.54 Å². The number of benzene rings is 1. The molecule has 1 aromatic carbocycles. The third-order valence-electron chi connectivity index (χ3n) is 4.43. The van der Waals surface area contributed by atoms with Crippen molar-refractivity contribution in [1.29, 1.82) is 0 Å². The maximum absolute atomic E-state index is 12.4. The van der Waals surface area contributed by atoms with Gasteiger partial charge >= 0.3 is 0 Å². The van der Waals surface area contributed by atoms with Gasteiger partial charge in [-0.15, -0.1) is 36.2 Å². The number of hydrogen-bond donors (Lipinski definition) is 2. The van der Waals surface area contributed by atoms with E-state index < -0.39 is 0 Å². The van der Waals surface area contributed by atoms with Crippen LogP contribution in [0.4, 0.5) is 0 Å². The summed E-state index contributed by atoms with van der Waals surface area (Å²) >= 11 is 1.55. The van der Waals surface area contributed by atoms with Crippen LogP contribution < -0.4 is 11.1 Å². The minimum atomic E-state index is -0.192. The van der Waals surface area contributed by atoms with Gasteiger partial charge in [-0.05, 0) is 25.3 Å². The van der Waals surface area contributed by atoms with Crippen LogP contribution in [0.2, 0.25) is 0 Å². The van der Waals surface area contributed by atoms with Gasteiger partial charge in [0.1, 0.15) is 4.88 Å². The molecule has 1 aromatic heterocycles. The quantitative estimate of drug-likeness (QED) is 0.780. The van der Waals surface area contributed by atoms with Gasteiger partial charge in [0.2, 0.25) is 0 Å². The fourth-order valence-electron chi connectivity index (χ4n) is 3.08. The number of carbonyl (C=O) groups excluding carboxylic acids is 1. The van der Waals surface area contributed by atoms with Crippen molar-refractivity contribution in [3.8, 4) is 0 Å². The molecule has 1 amide bonds. The number of carbonyl (C=O) groups is 1. The van der Waals surface area contributed by atoms with Gasteiger partial charge in [0.25, 0.3) is 5.91 Å². The van der Waals surface area contributed by atoms with E-state index in [0.717, 1.165) is 21.1 Å². The summed E-state index contributed by atoms with van der Waals surface area (Å²) in [6.07, 6.45) is 4.95. The van der Waals surface area contributed by atoms with E-state index in [9.17, 15) is 4.79 Å². The summed E-state index contributed by atoms with van der Waals surface area (Å²) in [5, 5.41) is 4.07. The van der Waals surface area contributed by atoms with Crippen molar-refractivity contribution in [1.82, 2.24) is 10.3 Å². The van der Waals surface area contributed by atoms with Gasteiger partial charge in [-0.1, -0.05) is 43.2 Å². The van der Waals surface area contributed by atoms with Crippen LogP contribution in [-0.4, -0.2) is 17.4 Å². The second-order valence-corrected chi connectivity index (χ2v) is 7.21. The molecule has 1 heterocycles. The van der Waals surface area contributed by atoms with Gasteiger partial charge in [0.05, 0.1) is 10.7 Å². The third kappa shape index (κ3) is 5.42. The van der Waals surface area contributed by atoms with Crippen molar-refractivity contribution in [3.63, 3.8) is 0 Å². The van der Waals surface area contributed by atoms with Gasteiger partial charge in [-0.25, -0.2) is 4.98 Å². The number of rotatable bonds is 5. The Morgan fingerprint density at radius 1 is 1.28 bits per heavy atom. The Hall–Kier alpha value is -1.14. The number of aromatic nitrogens is 1. The second kappa shape index (κ2) is 10.1. The molecular formula is C18H25Cl2N3OS. The van der Waals surface area contributed by atoms with E-state index in [1.54, 1.807) is 11.3 Å². The lowest BCUT2D eigenvalue weighted by atomic mass is 10.1. The summed E-state index contributed by atoms with van der Waals surface area (Å²) in [4.78, 5) is 17.8. The van der Waals surface area contributed by atoms with Crippen molar-refractivity contribution >= 4 is 42.1 Å². The second-order valence-electron chi connectivity index (χ2n) is 6.18. The van der Waals surface area contributed by atoms with Crippen molar-refractivity contribution in [2.24, 2.45) is 5.73 Å². The SMILES string of the molecule is Cc1nc(C2CCCC2)sc1C(=O)NCC(N)c1ccccc1.Cl.Cl. The van der Waals surface area contributed by atoms with E-state index in [2.05, 4.69) is 10.3 Å². The molecule has 0 saturated heterocycles. The Morgan fingerprint density at radius 2 is 1.92 bits per heavy atom. The lowest BCUT2D eigenvalue weighted by Crippen LogP contribution is -2.31. The van der Waals surface area contributed by atoms with E-state index in [-0.39, 0.29) is 36.8 Å². The average molecular weight is 402 g/mol. The minimum absolute atomic E-state index is 0. The van der Waals surface area contributed by atoms with Crippen LogP contribution in [0.15, 0.2) is 30.3 Å². The van der Waals surface area contributed by atoms with Crippen LogP contribution in [0.3, 0.4) is 0 Å². The molecule has 138 valence electrons. The highest BCUT2D eigenvalue weighted by molar-refractivity contribution is 7.13. The summed E-state index contributed by atoms with van der Waals surface area (Å²) in [5.74, 6) is 0.488. The zero-order chi connectivity index (χ0) is 16.2. The predicted octanol–water partition coefficient (Wildman–Crippen LogP) is 4.38. The Kier molecular flexibility index (Phi) is 8.86. The summed E-state index contributed by atoms with van der Waals surface area (Å²) < 4.78 is 0. The molecule has 4 nitrogen and oxygen atoms in total. The maximum Gasteiger partial charge on any atom is 0.263 e. The third-order valence-corrected chi connectivity index (χ3v) is 5.75. The van der Waals surface area contributed by atoms with Gasteiger partial charge in [-0.2, -0.15) is 0 Å². The molecule has 2 aromatic rings. The normalized spacial score (nSPS) is 15.1. The monoisotopic (exact) mass is 401 g/mol. The number of nitrogens with zero attached hydrogens (tertiary/aromatic N) is 1. The number of halogens is 2. The number of hydrogen-bond acceptors (Lipinski definition) is 4. The average Bonchev–Trinajstić information content (AvgIpc) is 3.22. The zero-order valence-electron chi connectivity index (χ0n) is 14.2.